The maximum Gasteiger partial charge on any atom is 0.325 e. The number of hydrogen-bond donors (Lipinski definition) is 1. The zero-order valence-electron chi connectivity index (χ0n) is 23.7. The largest absolute Gasteiger partial charge is 0.326 e. The number of sulfonamides is 1. The Balaban J connectivity index is 1.23. The molecule has 40 heavy (non-hydrogen) atoms. The summed E-state index contributed by atoms with van der Waals surface area (Å²) in [6, 6.07) is 6.59. The van der Waals surface area contributed by atoms with E-state index in [0.29, 0.717) is 25.9 Å². The summed E-state index contributed by atoms with van der Waals surface area (Å²) in [6.07, 6.45) is 6.95. The van der Waals surface area contributed by atoms with E-state index in [0.717, 1.165) is 38.4 Å². The first-order chi connectivity index (χ1) is 18.7. The van der Waals surface area contributed by atoms with Crippen molar-refractivity contribution in [2.24, 2.45) is 16.7 Å². The van der Waals surface area contributed by atoms with E-state index in [2.05, 4.69) is 43.4 Å². The SMILES string of the molecule is CC1(C)C2CCC1(CS(=O)(=O)N1CCC3(CCc4ccccc43)CC1)C(N1C(=O)NC(CCS(C)(=O)=O)C1=O)C2. The van der Waals surface area contributed by atoms with Gasteiger partial charge in [-0.2, -0.15) is 0 Å². The third-order valence-corrected chi connectivity index (χ3v) is 14.5. The fourth-order valence-corrected chi connectivity index (χ4v) is 11.9. The fourth-order valence-electron chi connectivity index (χ4n) is 9.00. The average Bonchev–Trinajstić information content (AvgIpc) is 3.52. The Labute approximate surface area is 238 Å². The normalized spacial score (nSPS) is 33.1. The molecule has 4 atom stereocenters. The predicted molar refractivity (Wildman–Crippen MR) is 152 cm³/mol. The summed E-state index contributed by atoms with van der Waals surface area (Å²) in [5, 5.41) is 2.68. The molecule has 2 saturated heterocycles. The van der Waals surface area contributed by atoms with Crippen LogP contribution in [-0.2, 0) is 36.5 Å². The molecule has 2 heterocycles. The number of nitrogens with one attached hydrogen (secondary N) is 1. The van der Waals surface area contributed by atoms with E-state index >= 15 is 0 Å². The van der Waals surface area contributed by atoms with E-state index in [-0.39, 0.29) is 34.7 Å². The molecule has 4 fully saturated rings. The number of nitrogens with zero attached hydrogens (tertiary/aromatic N) is 2. The number of piperidine rings is 1. The van der Waals surface area contributed by atoms with Crippen molar-refractivity contribution in [3.63, 3.8) is 0 Å². The Morgan fingerprint density at radius 1 is 1.00 bits per heavy atom. The van der Waals surface area contributed by atoms with Gasteiger partial charge in [-0.25, -0.2) is 25.9 Å². The highest BCUT2D eigenvalue weighted by molar-refractivity contribution is 7.90. The van der Waals surface area contributed by atoms with Crippen molar-refractivity contribution in [1.29, 1.82) is 0 Å². The molecule has 2 saturated carbocycles. The van der Waals surface area contributed by atoms with Gasteiger partial charge < -0.3 is 5.32 Å². The van der Waals surface area contributed by atoms with E-state index in [1.54, 1.807) is 4.31 Å². The molecule has 5 aliphatic rings. The number of imide groups is 1. The number of aryl methyl sites for hydroxylation is 1. The van der Waals surface area contributed by atoms with Gasteiger partial charge in [0.2, 0.25) is 10.0 Å². The maximum atomic E-state index is 14.1. The molecular formula is C29H41N3O6S2. The number of benzene rings is 1. The van der Waals surface area contributed by atoms with Crippen LogP contribution in [0.3, 0.4) is 0 Å². The standard InChI is InChI=1S/C29H41N3O6S2/c1-27(2)21-9-12-29(27,24(18-21)32-25(33)23(30-26(32)34)10-17-39(3,35)36)19-40(37,38)31-15-13-28(14-16-31)11-8-20-6-4-5-7-22(20)28/h4-7,21,23-24H,8-19H2,1-3H3,(H,30,34). The third kappa shape index (κ3) is 4.24. The minimum Gasteiger partial charge on any atom is -0.326 e. The van der Waals surface area contributed by atoms with Gasteiger partial charge in [-0.1, -0.05) is 38.1 Å². The molecule has 1 aromatic carbocycles. The second-order valence-corrected chi connectivity index (χ2v) is 17.8. The maximum absolute atomic E-state index is 14.1. The van der Waals surface area contributed by atoms with Crippen LogP contribution >= 0.6 is 0 Å². The highest BCUT2D eigenvalue weighted by Gasteiger charge is 2.69. The molecule has 1 spiro atoms. The van der Waals surface area contributed by atoms with Crippen LogP contribution in [-0.4, -0.2) is 80.9 Å². The van der Waals surface area contributed by atoms with Gasteiger partial charge in [0, 0.05) is 30.8 Å². The van der Waals surface area contributed by atoms with Crippen LogP contribution in [0.1, 0.15) is 69.9 Å². The Bertz CT molecular complexity index is 1450. The van der Waals surface area contributed by atoms with Crippen LogP contribution in [0.2, 0.25) is 0 Å². The summed E-state index contributed by atoms with van der Waals surface area (Å²) in [5.41, 5.74) is 1.70. The van der Waals surface area contributed by atoms with Crippen molar-refractivity contribution in [1.82, 2.24) is 14.5 Å². The van der Waals surface area contributed by atoms with Crippen molar-refractivity contribution < 1.29 is 26.4 Å². The number of amides is 3. The van der Waals surface area contributed by atoms with Crippen LogP contribution in [0, 0.1) is 16.7 Å². The lowest BCUT2D eigenvalue weighted by Gasteiger charge is -2.46. The highest BCUT2D eigenvalue weighted by Crippen LogP contribution is 2.67. The first-order valence-electron chi connectivity index (χ1n) is 14.6. The quantitative estimate of drug-likeness (QED) is 0.487. The lowest BCUT2D eigenvalue weighted by Crippen LogP contribution is -2.56. The Kier molecular flexibility index (Phi) is 6.52. The molecule has 11 heteroatoms. The Hall–Kier alpha value is -1.98. The van der Waals surface area contributed by atoms with Crippen LogP contribution in [0.4, 0.5) is 4.79 Å². The average molecular weight is 592 g/mol. The van der Waals surface area contributed by atoms with Gasteiger partial charge in [0.25, 0.3) is 5.91 Å². The van der Waals surface area contributed by atoms with E-state index in [4.69, 9.17) is 0 Å². The summed E-state index contributed by atoms with van der Waals surface area (Å²) >= 11 is 0. The summed E-state index contributed by atoms with van der Waals surface area (Å²) < 4.78 is 53.3. The first kappa shape index (κ1) is 28.2. The molecule has 220 valence electrons. The lowest BCUT2D eigenvalue weighted by atomic mass is 9.68. The Morgan fingerprint density at radius 3 is 2.38 bits per heavy atom. The molecule has 4 unspecified atom stereocenters. The van der Waals surface area contributed by atoms with Gasteiger partial charge in [-0.15, -0.1) is 0 Å². The zero-order valence-corrected chi connectivity index (χ0v) is 25.3. The lowest BCUT2D eigenvalue weighted by molar-refractivity contribution is -0.131. The molecule has 6 rings (SSSR count). The molecule has 3 aliphatic carbocycles. The van der Waals surface area contributed by atoms with Gasteiger partial charge in [-0.3, -0.25) is 9.69 Å². The number of fused-ring (bicyclic) bond motifs is 4. The first-order valence-corrected chi connectivity index (χ1v) is 18.2. The third-order valence-electron chi connectivity index (χ3n) is 11.5. The smallest absolute Gasteiger partial charge is 0.325 e. The van der Waals surface area contributed by atoms with Crippen molar-refractivity contribution in [2.45, 2.75) is 82.7 Å². The molecule has 2 aliphatic heterocycles. The van der Waals surface area contributed by atoms with E-state index in [1.165, 1.54) is 16.0 Å². The minimum absolute atomic E-state index is 0.0173. The molecule has 0 radical (unpaired) electrons. The van der Waals surface area contributed by atoms with Gasteiger partial charge in [0.1, 0.15) is 15.9 Å². The molecule has 3 amide bonds. The van der Waals surface area contributed by atoms with Crippen LogP contribution in [0.15, 0.2) is 24.3 Å². The van der Waals surface area contributed by atoms with Crippen molar-refractivity contribution in [2.75, 3.05) is 30.9 Å². The summed E-state index contributed by atoms with van der Waals surface area (Å²) in [6.45, 7) is 5.16. The van der Waals surface area contributed by atoms with Crippen LogP contribution in [0.25, 0.3) is 0 Å². The number of carbonyl (C=O) groups is 2. The van der Waals surface area contributed by atoms with Gasteiger partial charge in [-0.05, 0) is 79.2 Å². The van der Waals surface area contributed by atoms with Crippen LogP contribution < -0.4 is 5.32 Å². The number of urea groups is 1. The van der Waals surface area contributed by atoms with Gasteiger partial charge in [0.05, 0.1) is 11.5 Å². The summed E-state index contributed by atoms with van der Waals surface area (Å²) in [7, 11) is -6.96. The molecule has 9 nitrogen and oxygen atoms in total. The van der Waals surface area contributed by atoms with Gasteiger partial charge in [0.15, 0.2) is 0 Å². The van der Waals surface area contributed by atoms with Crippen molar-refractivity contribution in [3.05, 3.63) is 35.4 Å². The van der Waals surface area contributed by atoms with E-state index in [9.17, 15) is 26.4 Å². The Morgan fingerprint density at radius 2 is 1.70 bits per heavy atom. The molecule has 2 bridgehead atoms. The van der Waals surface area contributed by atoms with Crippen molar-refractivity contribution in [3.8, 4) is 0 Å². The second kappa shape index (κ2) is 9.26. The minimum atomic E-state index is -3.66. The number of hydrogen-bond acceptors (Lipinski definition) is 6. The highest BCUT2D eigenvalue weighted by atomic mass is 32.2. The fraction of sp³-hybridized carbons (Fsp3) is 0.724. The number of carbonyl (C=O) groups excluding carboxylic acids is 2. The zero-order chi connectivity index (χ0) is 28.7. The van der Waals surface area contributed by atoms with E-state index < -0.39 is 49.3 Å². The number of rotatable bonds is 7. The van der Waals surface area contributed by atoms with Crippen molar-refractivity contribution >= 4 is 31.8 Å². The molecule has 0 aromatic heterocycles. The van der Waals surface area contributed by atoms with Crippen LogP contribution in [0.5, 0.6) is 0 Å². The predicted octanol–water partition coefficient (Wildman–Crippen LogP) is 2.85. The monoisotopic (exact) mass is 591 g/mol. The number of sulfone groups is 1. The second-order valence-electron chi connectivity index (χ2n) is 13.6. The topological polar surface area (TPSA) is 121 Å². The molecule has 1 N–H and O–H groups in total. The van der Waals surface area contributed by atoms with Gasteiger partial charge >= 0.3 is 6.03 Å². The van der Waals surface area contributed by atoms with E-state index in [1.807, 2.05) is 0 Å². The molecular weight excluding hydrogens is 550 g/mol. The summed E-state index contributed by atoms with van der Waals surface area (Å²) in [4.78, 5) is 27.8. The molecule has 1 aromatic rings. The summed E-state index contributed by atoms with van der Waals surface area (Å²) in [5.74, 6) is -0.499.